The predicted molar refractivity (Wildman–Crippen MR) is 63.5 cm³/mol. The van der Waals surface area contributed by atoms with E-state index in [0.29, 0.717) is 4.47 Å². The van der Waals surface area contributed by atoms with Gasteiger partial charge in [-0.2, -0.15) is 13.2 Å². The predicted octanol–water partition coefficient (Wildman–Crippen LogP) is 4.25. The van der Waals surface area contributed by atoms with Gasteiger partial charge >= 0.3 is 6.18 Å². The maximum atomic E-state index is 13.1. The molecule has 5 heteroatoms. The van der Waals surface area contributed by atoms with Crippen LogP contribution < -0.4 is 0 Å². The van der Waals surface area contributed by atoms with E-state index < -0.39 is 17.2 Å². The van der Waals surface area contributed by atoms with Crippen LogP contribution >= 0.6 is 15.9 Å². The number of rotatable bonds is 1. The summed E-state index contributed by atoms with van der Waals surface area (Å²) in [6.07, 6.45) is -4.72. The molecule has 1 nitrogen and oxygen atoms in total. The largest absolute Gasteiger partial charge is 0.421 e. The molecule has 0 radical (unpaired) electrons. The molecule has 0 spiro atoms. The lowest BCUT2D eigenvalue weighted by molar-refractivity contribution is -0.302. The van der Waals surface area contributed by atoms with E-state index in [1.165, 1.54) is 45.0 Å². The van der Waals surface area contributed by atoms with Crippen molar-refractivity contribution >= 4 is 15.9 Å². The van der Waals surface area contributed by atoms with Crippen molar-refractivity contribution in [3.8, 4) is 0 Å². The van der Waals surface area contributed by atoms with Crippen molar-refractivity contribution in [3.05, 3.63) is 34.3 Å². The highest BCUT2D eigenvalue weighted by atomic mass is 79.9. The molecule has 1 unspecified atom stereocenters. The Morgan fingerprint density at radius 1 is 1.00 bits per heavy atom. The number of halogens is 4. The Labute approximate surface area is 107 Å². The van der Waals surface area contributed by atoms with Gasteiger partial charge in [0.05, 0.1) is 0 Å². The van der Waals surface area contributed by atoms with Crippen LogP contribution in [0.1, 0.15) is 26.3 Å². The van der Waals surface area contributed by atoms with Crippen LogP contribution in [0, 0.1) is 5.41 Å². The second-order valence-corrected chi connectivity index (χ2v) is 5.88. The molecule has 17 heavy (non-hydrogen) atoms. The fourth-order valence-corrected chi connectivity index (χ4v) is 1.98. The Hall–Kier alpha value is -0.550. The van der Waals surface area contributed by atoms with E-state index in [0.717, 1.165) is 0 Å². The van der Waals surface area contributed by atoms with Crippen LogP contribution in [0.5, 0.6) is 0 Å². The van der Waals surface area contributed by atoms with Crippen molar-refractivity contribution in [1.29, 1.82) is 0 Å². The summed E-state index contributed by atoms with van der Waals surface area (Å²) in [4.78, 5) is 0. The molecule has 0 aliphatic heterocycles. The van der Waals surface area contributed by atoms with E-state index in [-0.39, 0.29) is 5.56 Å². The van der Waals surface area contributed by atoms with Crippen molar-refractivity contribution in [2.24, 2.45) is 5.41 Å². The van der Waals surface area contributed by atoms with Gasteiger partial charge in [-0.05, 0) is 17.7 Å². The molecule has 0 aliphatic rings. The van der Waals surface area contributed by atoms with Crippen LogP contribution in [-0.4, -0.2) is 11.3 Å². The number of alkyl halides is 3. The highest BCUT2D eigenvalue weighted by molar-refractivity contribution is 9.10. The molecule has 0 heterocycles. The molecule has 1 aromatic carbocycles. The van der Waals surface area contributed by atoms with Crippen LogP contribution in [0.4, 0.5) is 13.2 Å². The molecule has 0 aliphatic carbocycles. The third-order valence-electron chi connectivity index (χ3n) is 2.76. The van der Waals surface area contributed by atoms with Gasteiger partial charge in [0.25, 0.3) is 0 Å². The van der Waals surface area contributed by atoms with Gasteiger partial charge in [-0.15, -0.1) is 0 Å². The molecule has 1 rings (SSSR count). The first-order valence-corrected chi connectivity index (χ1v) is 5.84. The smallest absolute Gasteiger partial charge is 0.376 e. The lowest BCUT2D eigenvalue weighted by Crippen LogP contribution is -2.52. The number of aliphatic hydroxyl groups is 1. The summed E-state index contributed by atoms with van der Waals surface area (Å²) in [6, 6.07) is 5.53. The molecule has 0 saturated carbocycles. The van der Waals surface area contributed by atoms with Crippen LogP contribution in [0.2, 0.25) is 0 Å². The van der Waals surface area contributed by atoms with E-state index >= 15 is 0 Å². The highest BCUT2D eigenvalue weighted by Crippen LogP contribution is 2.50. The fraction of sp³-hybridized carbons (Fsp3) is 0.500. The first kappa shape index (κ1) is 14.5. The van der Waals surface area contributed by atoms with Gasteiger partial charge in [0.2, 0.25) is 0 Å². The minimum atomic E-state index is -4.72. The third kappa shape index (κ3) is 2.50. The van der Waals surface area contributed by atoms with Crippen molar-refractivity contribution < 1.29 is 18.3 Å². The second-order valence-electron chi connectivity index (χ2n) is 4.97. The summed E-state index contributed by atoms with van der Waals surface area (Å²) >= 11 is 3.15. The summed E-state index contributed by atoms with van der Waals surface area (Å²) in [5.41, 5.74) is -4.36. The van der Waals surface area contributed by atoms with Crippen LogP contribution in [-0.2, 0) is 5.60 Å². The second kappa shape index (κ2) is 4.28. The SMILES string of the molecule is CC(C)(C)C(O)(c1ccc(Br)cc1)C(F)(F)F. The average molecular weight is 311 g/mol. The molecule has 1 aromatic rings. The van der Waals surface area contributed by atoms with Gasteiger partial charge in [-0.1, -0.05) is 48.8 Å². The number of hydrogen-bond donors (Lipinski definition) is 1. The Bertz CT molecular complexity index is 376. The Kier molecular flexibility index (Phi) is 3.65. The molecule has 96 valence electrons. The zero-order valence-corrected chi connectivity index (χ0v) is 11.4. The van der Waals surface area contributed by atoms with E-state index in [2.05, 4.69) is 15.9 Å². The summed E-state index contributed by atoms with van der Waals surface area (Å²) in [5.74, 6) is 0. The van der Waals surface area contributed by atoms with Crippen LogP contribution in [0.15, 0.2) is 28.7 Å². The van der Waals surface area contributed by atoms with E-state index in [1.807, 2.05) is 0 Å². The van der Waals surface area contributed by atoms with E-state index in [4.69, 9.17) is 0 Å². The topological polar surface area (TPSA) is 20.2 Å². The quantitative estimate of drug-likeness (QED) is 0.822. The summed E-state index contributed by atoms with van der Waals surface area (Å²) in [6.45, 7) is 4.09. The Balaban J connectivity index is 3.41. The highest BCUT2D eigenvalue weighted by Gasteiger charge is 2.61. The maximum absolute atomic E-state index is 13.1. The minimum absolute atomic E-state index is 0.152. The lowest BCUT2D eigenvalue weighted by Gasteiger charge is -2.41. The number of hydrogen-bond acceptors (Lipinski definition) is 1. The molecule has 0 amide bonds. The van der Waals surface area contributed by atoms with Gasteiger partial charge in [0.1, 0.15) is 0 Å². The number of benzene rings is 1. The molecule has 1 N–H and O–H groups in total. The Morgan fingerprint density at radius 3 is 1.71 bits per heavy atom. The van der Waals surface area contributed by atoms with Crippen molar-refractivity contribution in [2.45, 2.75) is 32.5 Å². The summed E-state index contributed by atoms with van der Waals surface area (Å²) in [7, 11) is 0. The first-order chi connectivity index (χ1) is 7.50. The van der Waals surface area contributed by atoms with E-state index in [9.17, 15) is 18.3 Å². The van der Waals surface area contributed by atoms with Crippen molar-refractivity contribution in [3.63, 3.8) is 0 Å². The van der Waals surface area contributed by atoms with Gasteiger partial charge in [-0.3, -0.25) is 0 Å². The monoisotopic (exact) mass is 310 g/mol. The van der Waals surface area contributed by atoms with Crippen molar-refractivity contribution in [1.82, 2.24) is 0 Å². The van der Waals surface area contributed by atoms with Gasteiger partial charge in [0, 0.05) is 9.89 Å². The molecular formula is C12H14BrF3O. The first-order valence-electron chi connectivity index (χ1n) is 5.05. The van der Waals surface area contributed by atoms with Crippen LogP contribution in [0.3, 0.4) is 0 Å². The molecule has 0 aromatic heterocycles. The third-order valence-corrected chi connectivity index (χ3v) is 3.29. The van der Waals surface area contributed by atoms with E-state index in [1.54, 1.807) is 0 Å². The maximum Gasteiger partial charge on any atom is 0.421 e. The lowest BCUT2D eigenvalue weighted by atomic mass is 9.71. The molecular weight excluding hydrogens is 297 g/mol. The molecule has 0 saturated heterocycles. The van der Waals surface area contributed by atoms with Gasteiger partial charge < -0.3 is 5.11 Å². The fourth-order valence-electron chi connectivity index (χ4n) is 1.71. The van der Waals surface area contributed by atoms with Gasteiger partial charge in [0.15, 0.2) is 5.60 Å². The standard InChI is InChI=1S/C12H14BrF3O/c1-10(2,3)11(17,12(14,15)16)8-4-6-9(13)7-5-8/h4-7,17H,1-3H3. The average Bonchev–Trinajstić information content (AvgIpc) is 2.14. The molecule has 1 atom stereocenters. The molecule has 0 fully saturated rings. The zero-order chi connectivity index (χ0) is 13.5. The van der Waals surface area contributed by atoms with Crippen LogP contribution in [0.25, 0.3) is 0 Å². The minimum Gasteiger partial charge on any atom is -0.376 e. The van der Waals surface area contributed by atoms with Crippen molar-refractivity contribution in [2.75, 3.05) is 0 Å². The normalized spacial score (nSPS) is 16.7. The molecule has 0 bridgehead atoms. The van der Waals surface area contributed by atoms with Gasteiger partial charge in [-0.25, -0.2) is 0 Å². The zero-order valence-electron chi connectivity index (χ0n) is 9.77. The Morgan fingerprint density at radius 2 is 1.41 bits per heavy atom. The summed E-state index contributed by atoms with van der Waals surface area (Å²) in [5, 5.41) is 10.1. The summed E-state index contributed by atoms with van der Waals surface area (Å²) < 4.78 is 40.0.